The number of aromatic carboxylic acids is 1. The van der Waals surface area contributed by atoms with Crippen molar-refractivity contribution in [1.29, 1.82) is 0 Å². The van der Waals surface area contributed by atoms with Gasteiger partial charge in [-0.15, -0.1) is 0 Å². The number of benzene rings is 2. The fourth-order valence-corrected chi connectivity index (χ4v) is 2.36. The number of carboxylic acid groups (broad SMARTS) is 1. The molecule has 126 valence electrons. The molecule has 0 aliphatic heterocycles. The van der Waals surface area contributed by atoms with E-state index in [1.54, 1.807) is 36.4 Å². The van der Waals surface area contributed by atoms with E-state index < -0.39 is 5.97 Å². The van der Waals surface area contributed by atoms with Crippen molar-refractivity contribution in [2.24, 2.45) is 0 Å². The van der Waals surface area contributed by atoms with E-state index in [1.165, 1.54) is 18.5 Å². The molecule has 1 heterocycles. The molecule has 0 radical (unpaired) electrons. The Hall–Kier alpha value is -2.83. The molecular weight excluding hydrogens is 363 g/mol. The predicted octanol–water partition coefficient (Wildman–Crippen LogP) is 4.97. The number of hydrogen-bond acceptors (Lipinski definition) is 5. The number of nitrogens with one attached hydrogen (secondary N) is 2. The van der Waals surface area contributed by atoms with E-state index in [0.717, 1.165) is 5.69 Å². The van der Waals surface area contributed by atoms with Crippen LogP contribution in [-0.4, -0.2) is 21.0 Å². The first kappa shape index (κ1) is 17.0. The third-order valence-electron chi connectivity index (χ3n) is 3.26. The number of carbonyl (C=O) groups is 1. The number of carboxylic acids is 1. The van der Waals surface area contributed by atoms with E-state index in [2.05, 4.69) is 20.6 Å². The van der Waals surface area contributed by atoms with E-state index in [4.69, 9.17) is 28.3 Å². The SMILES string of the molecule is O=C(O)c1ccc(Nc2cc(Nc3ccc(Cl)c(Cl)c3)ncn2)cc1. The molecule has 0 saturated carbocycles. The topological polar surface area (TPSA) is 87.1 Å². The fourth-order valence-electron chi connectivity index (χ4n) is 2.06. The maximum Gasteiger partial charge on any atom is 0.335 e. The lowest BCUT2D eigenvalue weighted by Crippen LogP contribution is -1.99. The Morgan fingerprint density at radius 2 is 1.44 bits per heavy atom. The number of aromatic nitrogens is 2. The highest BCUT2D eigenvalue weighted by Crippen LogP contribution is 2.27. The Morgan fingerprint density at radius 3 is 2.04 bits per heavy atom. The Bertz CT molecular complexity index is 917. The number of rotatable bonds is 5. The number of halogens is 2. The molecule has 0 saturated heterocycles. The van der Waals surface area contributed by atoms with Crippen LogP contribution in [0.25, 0.3) is 0 Å². The molecule has 0 bridgehead atoms. The van der Waals surface area contributed by atoms with Crippen LogP contribution < -0.4 is 10.6 Å². The molecule has 1 aromatic heterocycles. The van der Waals surface area contributed by atoms with Crippen LogP contribution in [0.2, 0.25) is 10.0 Å². The molecule has 0 spiro atoms. The average molecular weight is 375 g/mol. The summed E-state index contributed by atoms with van der Waals surface area (Å²) in [7, 11) is 0. The van der Waals surface area contributed by atoms with Gasteiger partial charge >= 0.3 is 5.97 Å². The molecule has 0 fully saturated rings. The van der Waals surface area contributed by atoms with Crippen LogP contribution >= 0.6 is 23.2 Å². The molecule has 8 heteroatoms. The number of nitrogens with zero attached hydrogens (tertiary/aromatic N) is 2. The van der Waals surface area contributed by atoms with Crippen molar-refractivity contribution in [1.82, 2.24) is 9.97 Å². The molecule has 0 aliphatic rings. The van der Waals surface area contributed by atoms with Crippen molar-refractivity contribution in [3.63, 3.8) is 0 Å². The van der Waals surface area contributed by atoms with Crippen molar-refractivity contribution in [3.05, 3.63) is 70.5 Å². The van der Waals surface area contributed by atoms with Crippen LogP contribution in [-0.2, 0) is 0 Å². The molecule has 3 rings (SSSR count). The first-order valence-electron chi connectivity index (χ1n) is 7.16. The summed E-state index contributed by atoms with van der Waals surface area (Å²) in [6.07, 6.45) is 1.41. The molecular formula is C17H12Cl2N4O2. The first-order valence-corrected chi connectivity index (χ1v) is 7.91. The predicted molar refractivity (Wildman–Crippen MR) is 98.5 cm³/mol. The van der Waals surface area contributed by atoms with Crippen molar-refractivity contribution < 1.29 is 9.90 Å². The molecule has 3 N–H and O–H groups in total. The van der Waals surface area contributed by atoms with Crippen molar-refractivity contribution in [2.45, 2.75) is 0 Å². The lowest BCUT2D eigenvalue weighted by Gasteiger charge is -2.09. The second-order valence-corrected chi connectivity index (χ2v) is 5.86. The summed E-state index contributed by atoms with van der Waals surface area (Å²) in [6, 6.07) is 13.2. The fraction of sp³-hybridized carbons (Fsp3) is 0. The van der Waals surface area contributed by atoms with Gasteiger partial charge in [-0.2, -0.15) is 0 Å². The van der Waals surface area contributed by atoms with E-state index in [0.29, 0.717) is 27.4 Å². The Morgan fingerprint density at radius 1 is 0.840 bits per heavy atom. The van der Waals surface area contributed by atoms with Gasteiger partial charge in [-0.05, 0) is 42.5 Å². The van der Waals surface area contributed by atoms with E-state index in [-0.39, 0.29) is 5.56 Å². The molecule has 0 unspecified atom stereocenters. The van der Waals surface area contributed by atoms with Crippen molar-refractivity contribution >= 4 is 52.2 Å². The standard InChI is InChI=1S/C17H12Cl2N4O2/c18-13-6-5-12(7-14(13)19)23-16-8-15(20-9-21-16)22-11-3-1-10(2-4-11)17(24)25/h1-9H,(H,24,25)(H2,20,21,22,23). The van der Waals surface area contributed by atoms with Gasteiger partial charge in [0.05, 0.1) is 15.6 Å². The van der Waals surface area contributed by atoms with Crippen molar-refractivity contribution in [2.75, 3.05) is 10.6 Å². The number of anilines is 4. The lowest BCUT2D eigenvalue weighted by atomic mass is 10.2. The smallest absolute Gasteiger partial charge is 0.335 e. The highest BCUT2D eigenvalue weighted by Gasteiger charge is 2.05. The Balaban J connectivity index is 1.74. The zero-order chi connectivity index (χ0) is 17.8. The molecule has 0 amide bonds. The Labute approximate surface area is 153 Å². The molecule has 25 heavy (non-hydrogen) atoms. The lowest BCUT2D eigenvalue weighted by molar-refractivity contribution is 0.0697. The summed E-state index contributed by atoms with van der Waals surface area (Å²) in [5, 5.41) is 16.0. The third-order valence-corrected chi connectivity index (χ3v) is 4.00. The maximum atomic E-state index is 10.9. The minimum atomic E-state index is -0.971. The molecule has 3 aromatic rings. The summed E-state index contributed by atoms with van der Waals surface area (Å²) in [5.41, 5.74) is 1.67. The van der Waals surface area contributed by atoms with Crippen LogP contribution in [0.3, 0.4) is 0 Å². The van der Waals surface area contributed by atoms with Crippen LogP contribution in [0.5, 0.6) is 0 Å². The van der Waals surface area contributed by atoms with Gasteiger partial charge < -0.3 is 15.7 Å². The van der Waals surface area contributed by atoms with Gasteiger partial charge in [0, 0.05) is 17.4 Å². The van der Waals surface area contributed by atoms with Gasteiger partial charge in [0.15, 0.2) is 0 Å². The first-order chi connectivity index (χ1) is 12.0. The van der Waals surface area contributed by atoms with Crippen LogP contribution in [0.1, 0.15) is 10.4 Å². The van der Waals surface area contributed by atoms with E-state index in [1.807, 2.05) is 0 Å². The summed E-state index contributed by atoms with van der Waals surface area (Å²) in [4.78, 5) is 19.2. The summed E-state index contributed by atoms with van der Waals surface area (Å²) in [6.45, 7) is 0. The third kappa shape index (κ3) is 4.37. The molecule has 6 nitrogen and oxygen atoms in total. The quantitative estimate of drug-likeness (QED) is 0.584. The second-order valence-electron chi connectivity index (χ2n) is 5.05. The van der Waals surface area contributed by atoms with Gasteiger partial charge in [-0.1, -0.05) is 23.2 Å². The van der Waals surface area contributed by atoms with Gasteiger partial charge in [-0.3, -0.25) is 0 Å². The molecule has 0 atom stereocenters. The van der Waals surface area contributed by atoms with Crippen LogP contribution in [0.4, 0.5) is 23.0 Å². The summed E-state index contributed by atoms with van der Waals surface area (Å²) < 4.78 is 0. The highest BCUT2D eigenvalue weighted by atomic mass is 35.5. The van der Waals surface area contributed by atoms with Crippen molar-refractivity contribution in [3.8, 4) is 0 Å². The largest absolute Gasteiger partial charge is 0.478 e. The maximum absolute atomic E-state index is 10.9. The average Bonchev–Trinajstić information content (AvgIpc) is 2.59. The zero-order valence-electron chi connectivity index (χ0n) is 12.7. The second kappa shape index (κ2) is 7.38. The van der Waals surface area contributed by atoms with Crippen LogP contribution in [0.15, 0.2) is 54.9 Å². The number of hydrogen-bond donors (Lipinski definition) is 3. The minimum Gasteiger partial charge on any atom is -0.478 e. The minimum absolute atomic E-state index is 0.218. The molecule has 0 aliphatic carbocycles. The van der Waals surface area contributed by atoms with E-state index in [9.17, 15) is 4.79 Å². The molecule has 2 aromatic carbocycles. The van der Waals surface area contributed by atoms with E-state index >= 15 is 0 Å². The monoisotopic (exact) mass is 374 g/mol. The van der Waals surface area contributed by atoms with Gasteiger partial charge in [0.2, 0.25) is 0 Å². The van der Waals surface area contributed by atoms with Crippen LogP contribution in [0, 0.1) is 0 Å². The Kier molecular flexibility index (Phi) is 5.02. The van der Waals surface area contributed by atoms with Gasteiger partial charge in [0.25, 0.3) is 0 Å². The van der Waals surface area contributed by atoms with Gasteiger partial charge in [-0.25, -0.2) is 14.8 Å². The zero-order valence-corrected chi connectivity index (χ0v) is 14.2. The summed E-state index contributed by atoms with van der Waals surface area (Å²) in [5.74, 6) is 0.153. The van der Waals surface area contributed by atoms with Gasteiger partial charge in [0.1, 0.15) is 18.0 Å². The normalized spacial score (nSPS) is 10.3. The summed E-state index contributed by atoms with van der Waals surface area (Å²) >= 11 is 11.9. The highest BCUT2D eigenvalue weighted by molar-refractivity contribution is 6.42.